The van der Waals surface area contributed by atoms with Crippen LogP contribution in [0.1, 0.15) is 75.8 Å². The van der Waals surface area contributed by atoms with Crippen molar-refractivity contribution < 1.29 is 23.4 Å². The topological polar surface area (TPSA) is 83.3 Å². The molecule has 0 spiro atoms. The third kappa shape index (κ3) is 6.09. The summed E-state index contributed by atoms with van der Waals surface area (Å²) in [6, 6.07) is 6.07. The molecule has 3 heterocycles. The van der Waals surface area contributed by atoms with E-state index in [4.69, 9.17) is 24.4 Å². The summed E-state index contributed by atoms with van der Waals surface area (Å²) in [5.74, 6) is -0.432. The van der Waals surface area contributed by atoms with E-state index in [1.807, 2.05) is 33.8 Å². The molecule has 1 N–H and O–H groups in total. The van der Waals surface area contributed by atoms with E-state index in [2.05, 4.69) is 9.80 Å². The molecule has 0 amide bonds. The summed E-state index contributed by atoms with van der Waals surface area (Å²) >= 11 is 0. The maximum atomic E-state index is 17.7. The number of phenols is 1. The van der Waals surface area contributed by atoms with E-state index in [-0.39, 0.29) is 40.3 Å². The van der Waals surface area contributed by atoms with E-state index in [9.17, 15) is 5.11 Å². The third-order valence-corrected chi connectivity index (χ3v) is 10.0. The van der Waals surface area contributed by atoms with E-state index < -0.39 is 5.83 Å². The van der Waals surface area contributed by atoms with Gasteiger partial charge < -0.3 is 24.4 Å². The standard InChI is InChI=1S/C38H45F2N5O3/c1-5-26-29(39)10-9-24-19-25(46)20-28(30(24)26)31-33(40)35-32(27(6-2)34(31)41-23(3)4)36(45-15-8-17-47-18-16-45)43-37(42-35)48-22-38(11-12-38)21-44-13-7-14-44/h6,9-10,19-20,23,46H,5,7-8,11-18,21-22H2,1-4H3/b27-6-,41-34?. The number of hydrogen-bond donors (Lipinski definition) is 1. The molecule has 3 aromatic rings. The molecule has 2 saturated heterocycles. The molecule has 2 aliphatic heterocycles. The molecule has 8 nitrogen and oxygen atoms in total. The highest BCUT2D eigenvalue weighted by molar-refractivity contribution is 6.51. The first kappa shape index (κ1) is 32.6. The molecule has 0 bridgehead atoms. The van der Waals surface area contributed by atoms with Crippen molar-refractivity contribution in [3.8, 4) is 11.8 Å². The predicted octanol–water partition coefficient (Wildman–Crippen LogP) is 7.23. The zero-order chi connectivity index (χ0) is 33.6. The molecule has 4 aliphatic rings. The van der Waals surface area contributed by atoms with Crippen LogP contribution in [-0.2, 0) is 11.2 Å². The summed E-state index contributed by atoms with van der Waals surface area (Å²) in [7, 11) is 0. The van der Waals surface area contributed by atoms with E-state index >= 15 is 8.78 Å². The Morgan fingerprint density at radius 1 is 1.08 bits per heavy atom. The Hall–Kier alpha value is -3.89. The van der Waals surface area contributed by atoms with Crippen molar-refractivity contribution in [3.63, 3.8) is 0 Å². The number of aliphatic imine (C=N–C) groups is 1. The molecular formula is C38H45F2N5O3. The van der Waals surface area contributed by atoms with E-state index in [1.54, 1.807) is 12.1 Å². The number of phenolic OH excluding ortho intramolecular Hbond substituents is 1. The highest BCUT2D eigenvalue weighted by Crippen LogP contribution is 2.49. The Morgan fingerprint density at radius 3 is 2.58 bits per heavy atom. The number of aromatic nitrogens is 2. The van der Waals surface area contributed by atoms with Crippen LogP contribution in [0, 0.1) is 11.2 Å². The summed E-state index contributed by atoms with van der Waals surface area (Å²) < 4.78 is 45.1. The summed E-state index contributed by atoms with van der Waals surface area (Å²) in [6.45, 7) is 13.8. The summed E-state index contributed by atoms with van der Waals surface area (Å²) in [5, 5.41) is 12.1. The molecule has 0 atom stereocenters. The summed E-state index contributed by atoms with van der Waals surface area (Å²) in [6.07, 6.45) is 6.52. The van der Waals surface area contributed by atoms with Crippen LogP contribution < -0.4 is 9.64 Å². The van der Waals surface area contributed by atoms with Gasteiger partial charge in [-0.25, -0.2) is 8.78 Å². The molecule has 7 rings (SSSR count). The number of fused-ring (bicyclic) bond motifs is 2. The van der Waals surface area contributed by atoms with Crippen LogP contribution in [0.2, 0.25) is 0 Å². The first-order chi connectivity index (χ1) is 23.2. The van der Waals surface area contributed by atoms with E-state index in [0.717, 1.165) is 38.9 Å². The number of likely N-dealkylation sites (tertiary alicyclic amines) is 1. The van der Waals surface area contributed by atoms with Crippen LogP contribution in [0.15, 0.2) is 35.3 Å². The first-order valence-electron chi connectivity index (χ1n) is 17.4. The fraction of sp³-hybridized carbons (Fsp3) is 0.500. The molecule has 1 saturated carbocycles. The Balaban J connectivity index is 1.45. The third-order valence-electron chi connectivity index (χ3n) is 10.0. The average Bonchev–Trinajstić information content (AvgIpc) is 3.86. The Kier molecular flexibility index (Phi) is 8.98. The lowest BCUT2D eigenvalue weighted by atomic mass is 9.81. The molecule has 48 heavy (non-hydrogen) atoms. The fourth-order valence-electron chi connectivity index (χ4n) is 7.28. The van der Waals surface area contributed by atoms with Gasteiger partial charge in [-0.05, 0) is 106 Å². The van der Waals surface area contributed by atoms with Gasteiger partial charge >= 0.3 is 6.01 Å². The molecule has 1 aromatic heterocycles. The highest BCUT2D eigenvalue weighted by Gasteiger charge is 2.46. The Bertz CT molecular complexity index is 1820. The number of hydrogen-bond acceptors (Lipinski definition) is 8. The SMILES string of the molecule is C/C=C1\C(=NC(C)C)C(c2cc(O)cc3ccc(F)c(CC)c23)=C(F)c2nc(OCC3(CN4CCC4)CC3)nc(N3CCCOCC3)c21. The van der Waals surface area contributed by atoms with Gasteiger partial charge in [0.2, 0.25) is 0 Å². The lowest BCUT2D eigenvalue weighted by Crippen LogP contribution is -2.42. The van der Waals surface area contributed by atoms with Crippen molar-refractivity contribution in [1.82, 2.24) is 14.9 Å². The molecule has 2 aromatic carbocycles. The highest BCUT2D eigenvalue weighted by atomic mass is 19.1. The second-order valence-corrected chi connectivity index (χ2v) is 13.9. The Morgan fingerprint density at radius 2 is 1.90 bits per heavy atom. The average molecular weight is 658 g/mol. The minimum atomic E-state index is -0.602. The van der Waals surface area contributed by atoms with Crippen molar-refractivity contribution in [2.45, 2.75) is 65.8 Å². The van der Waals surface area contributed by atoms with Crippen LogP contribution in [0.4, 0.5) is 14.6 Å². The Labute approximate surface area is 281 Å². The first-order valence-corrected chi connectivity index (χ1v) is 17.4. The lowest BCUT2D eigenvalue weighted by Gasteiger charge is -2.34. The second-order valence-electron chi connectivity index (χ2n) is 13.9. The monoisotopic (exact) mass is 657 g/mol. The number of nitrogens with zero attached hydrogens (tertiary/aromatic N) is 5. The van der Waals surface area contributed by atoms with Crippen molar-refractivity contribution in [3.05, 3.63) is 58.5 Å². The van der Waals surface area contributed by atoms with Crippen LogP contribution in [0.5, 0.6) is 11.8 Å². The number of anilines is 1. The van der Waals surface area contributed by atoms with Gasteiger partial charge in [-0.15, -0.1) is 0 Å². The molecule has 10 heteroatoms. The molecule has 0 unspecified atom stereocenters. The van der Waals surface area contributed by atoms with Gasteiger partial charge in [-0.3, -0.25) is 4.99 Å². The van der Waals surface area contributed by atoms with Gasteiger partial charge in [-0.2, -0.15) is 9.97 Å². The van der Waals surface area contributed by atoms with Gasteiger partial charge in [0.15, 0.2) is 5.83 Å². The molecule has 254 valence electrons. The van der Waals surface area contributed by atoms with Crippen LogP contribution in [0.25, 0.3) is 27.7 Å². The van der Waals surface area contributed by atoms with Crippen molar-refractivity contribution in [2.75, 3.05) is 57.4 Å². The number of allylic oxidation sites excluding steroid dienone is 3. The molecule has 3 fully saturated rings. The van der Waals surface area contributed by atoms with E-state index in [0.29, 0.717) is 83.9 Å². The van der Waals surface area contributed by atoms with Crippen LogP contribution in [-0.4, -0.2) is 84.3 Å². The van der Waals surface area contributed by atoms with Crippen LogP contribution >= 0.6 is 0 Å². The second kappa shape index (κ2) is 13.2. The van der Waals surface area contributed by atoms with Gasteiger partial charge in [0.05, 0.1) is 24.5 Å². The van der Waals surface area contributed by atoms with Gasteiger partial charge in [0.25, 0.3) is 0 Å². The number of benzene rings is 2. The normalized spacial score (nSPS) is 21.2. The maximum absolute atomic E-state index is 17.7. The largest absolute Gasteiger partial charge is 0.508 e. The van der Waals surface area contributed by atoms with Gasteiger partial charge in [0.1, 0.15) is 23.1 Å². The molecular weight excluding hydrogens is 612 g/mol. The molecule has 0 radical (unpaired) electrons. The maximum Gasteiger partial charge on any atom is 0.319 e. The minimum Gasteiger partial charge on any atom is -0.508 e. The lowest BCUT2D eigenvalue weighted by molar-refractivity contribution is 0.111. The number of ether oxygens (including phenoxy) is 2. The number of aryl methyl sites for hydroxylation is 1. The quantitative estimate of drug-likeness (QED) is 0.260. The van der Waals surface area contributed by atoms with E-state index in [1.165, 1.54) is 18.6 Å². The fourth-order valence-corrected chi connectivity index (χ4v) is 7.28. The summed E-state index contributed by atoms with van der Waals surface area (Å²) in [5.41, 5.74) is 2.86. The molecule has 2 aliphatic carbocycles. The number of halogens is 2. The smallest absolute Gasteiger partial charge is 0.319 e. The predicted molar refractivity (Wildman–Crippen MR) is 187 cm³/mol. The van der Waals surface area contributed by atoms with Gasteiger partial charge in [-0.1, -0.05) is 19.1 Å². The zero-order valence-electron chi connectivity index (χ0n) is 28.4. The van der Waals surface area contributed by atoms with Gasteiger partial charge in [0, 0.05) is 48.8 Å². The number of aromatic hydroxyl groups is 1. The van der Waals surface area contributed by atoms with Crippen molar-refractivity contribution in [1.29, 1.82) is 0 Å². The zero-order valence-corrected chi connectivity index (χ0v) is 28.4. The van der Waals surface area contributed by atoms with Crippen LogP contribution in [0.3, 0.4) is 0 Å². The number of rotatable bonds is 9. The van der Waals surface area contributed by atoms with Crippen molar-refractivity contribution >= 4 is 39.3 Å². The van der Waals surface area contributed by atoms with Crippen molar-refractivity contribution in [2.24, 2.45) is 10.4 Å². The summed E-state index contributed by atoms with van der Waals surface area (Å²) in [4.78, 5) is 19.4. The minimum absolute atomic E-state index is 0.0444.